The van der Waals surface area contributed by atoms with Crippen LogP contribution in [-0.4, -0.2) is 148 Å². The fourth-order valence-electron chi connectivity index (χ4n) is 11.6. The Labute approximate surface area is 540 Å². The lowest BCUT2D eigenvalue weighted by atomic mass is 10.0. The molecule has 4 atom stereocenters. The largest absolute Gasteiger partial charge is 0.495 e. The van der Waals surface area contributed by atoms with Gasteiger partial charge in [0.05, 0.1) is 47.5 Å². The molecule has 0 saturated heterocycles. The maximum absolute atomic E-state index is 14.2. The SMILES string of the molecule is CCn1nc(C)cc1C(=O)Nc1nc2cc(C(N)=O)cc(OCCCN(C)C(=O)OCc3ccc(NC(=O)[C@H](C)NC(=O)[C@@H](NC(=O)CCN4C(=O)C=CC4=O)C(C)C)cc3)c2n1C[C@@H]1C[C@H]1Cn1c2nc(-c3cc(C)nn3CC)ccc2c2cc(C(N)=O)cc(OC)c21. The minimum absolute atomic E-state index is 0.0130. The number of carbonyl (C=O) groups excluding carboxylic acids is 9. The lowest BCUT2D eigenvalue weighted by molar-refractivity contribution is -0.137. The van der Waals surface area contributed by atoms with E-state index in [0.717, 1.165) is 56.8 Å². The van der Waals surface area contributed by atoms with Gasteiger partial charge in [-0.15, -0.1) is 0 Å². The number of anilines is 2. The highest BCUT2D eigenvalue weighted by atomic mass is 16.6. The highest BCUT2D eigenvalue weighted by Gasteiger charge is 2.40. The maximum Gasteiger partial charge on any atom is 0.409 e. The summed E-state index contributed by atoms with van der Waals surface area (Å²) in [5.41, 5.74) is 18.9. The molecule has 28 nitrogen and oxygen atoms in total. The molecule has 1 fully saturated rings. The van der Waals surface area contributed by atoms with Crippen molar-refractivity contribution in [2.75, 3.05) is 44.5 Å². The number of primary amides is 2. The van der Waals surface area contributed by atoms with E-state index in [-0.39, 0.29) is 67.7 Å². The number of aromatic nitrogens is 8. The van der Waals surface area contributed by atoms with Crippen molar-refractivity contribution in [1.82, 2.24) is 59.1 Å². The lowest BCUT2D eigenvalue weighted by Gasteiger charge is -2.24. The Bertz CT molecular complexity index is 4330. The number of ether oxygens (including phenoxy) is 3. The van der Waals surface area contributed by atoms with E-state index in [1.54, 1.807) is 94.2 Å². The van der Waals surface area contributed by atoms with Crippen LogP contribution in [0.5, 0.6) is 11.5 Å². The second-order valence-corrected chi connectivity index (χ2v) is 23.8. The average Bonchev–Trinajstić information content (AvgIpc) is 1.58. The zero-order valence-electron chi connectivity index (χ0n) is 53.8. The Kier molecular flexibility index (Phi) is 19.6. The van der Waals surface area contributed by atoms with E-state index in [1.165, 1.54) is 11.8 Å². The predicted molar refractivity (Wildman–Crippen MR) is 347 cm³/mol. The zero-order valence-corrected chi connectivity index (χ0v) is 53.8. The molecule has 0 spiro atoms. The fraction of sp³-hybridized carbons (Fsp3) is 0.379. The molecular formula is C66H76N16O12. The third kappa shape index (κ3) is 14.4. The second kappa shape index (κ2) is 27.9. The van der Waals surface area contributed by atoms with Crippen LogP contribution in [0.25, 0.3) is 44.4 Å². The van der Waals surface area contributed by atoms with Gasteiger partial charge in [0.25, 0.3) is 17.7 Å². The van der Waals surface area contributed by atoms with E-state index < -0.39 is 65.4 Å². The van der Waals surface area contributed by atoms with E-state index >= 15 is 0 Å². The molecule has 10 rings (SSSR count). The van der Waals surface area contributed by atoms with E-state index in [0.29, 0.717) is 83.2 Å². The zero-order chi connectivity index (χ0) is 67.4. The summed E-state index contributed by atoms with van der Waals surface area (Å²) in [7, 11) is 3.13. The Balaban J connectivity index is 0.801. The molecule has 6 heterocycles. The minimum atomic E-state index is -1.01. The van der Waals surface area contributed by atoms with Crippen LogP contribution in [0.2, 0.25) is 0 Å². The topological polar surface area (TPSA) is 359 Å². The van der Waals surface area contributed by atoms with Crippen LogP contribution < -0.4 is 42.2 Å². The molecule has 2 aliphatic rings. The van der Waals surface area contributed by atoms with Gasteiger partial charge < -0.3 is 55.7 Å². The first-order valence-corrected chi connectivity index (χ1v) is 31.0. The molecular weight excluding hydrogens is 1210 g/mol. The van der Waals surface area contributed by atoms with Crippen LogP contribution in [0.15, 0.2) is 84.9 Å². The number of benzene rings is 3. The molecule has 28 heteroatoms. The van der Waals surface area contributed by atoms with Gasteiger partial charge in [-0.25, -0.2) is 14.8 Å². The van der Waals surface area contributed by atoms with Gasteiger partial charge in [0.15, 0.2) is 0 Å². The van der Waals surface area contributed by atoms with Crippen molar-refractivity contribution < 1.29 is 57.4 Å². The van der Waals surface area contributed by atoms with Gasteiger partial charge in [0.2, 0.25) is 35.5 Å². The number of rotatable bonds is 28. The molecule has 1 saturated carbocycles. The first-order valence-electron chi connectivity index (χ1n) is 31.0. The smallest absolute Gasteiger partial charge is 0.409 e. The summed E-state index contributed by atoms with van der Waals surface area (Å²) in [6, 6.07) is 18.7. The van der Waals surface area contributed by atoms with Crippen molar-refractivity contribution in [3.63, 3.8) is 0 Å². The average molecular weight is 1290 g/mol. The number of imidazole rings is 1. The van der Waals surface area contributed by atoms with Gasteiger partial charge in [-0.1, -0.05) is 26.0 Å². The molecule has 0 bridgehead atoms. The van der Waals surface area contributed by atoms with Gasteiger partial charge >= 0.3 is 6.09 Å². The standard InChI is InChI=1S/C66H76N16O12/c1-10-81-49(25-36(5)75-81)47-18-17-45-46-28-40(59(67)86)30-51(92-9)57(46)79(61(45)71-47)32-42-27-43(42)33-80-58-48(72-65(80)74-63(89)50-26-37(6)76-82(50)11-2)29-41(60(68)87)31-52(58)93-24-12-22-77(8)66(91)94-34-39-13-15-44(16-14-39)70-62(88)38(7)69-64(90)56(35(3)4)73-53(83)21-23-78-54(84)19-20-55(78)85/h13-20,25-26,28-31,35,38,42-43,56H,10-12,21-24,27,32-34H2,1-9H3,(H2,67,86)(H2,68,87)(H,69,90)(H,70,88)(H,73,83)(H,72,74,89)/t38-,42-,43-,56-/m0/s1. The van der Waals surface area contributed by atoms with Gasteiger partial charge in [0, 0.05) is 92.5 Å². The Morgan fingerprint density at radius 1 is 0.734 bits per heavy atom. The van der Waals surface area contributed by atoms with Crippen molar-refractivity contribution in [2.45, 2.75) is 113 Å². The van der Waals surface area contributed by atoms with Gasteiger partial charge in [-0.3, -0.25) is 57.9 Å². The third-order valence-electron chi connectivity index (χ3n) is 16.7. The molecule has 0 radical (unpaired) electrons. The van der Waals surface area contributed by atoms with Crippen LogP contribution in [0, 0.1) is 31.6 Å². The number of hydrogen-bond donors (Lipinski definition) is 6. The summed E-state index contributed by atoms with van der Waals surface area (Å²) in [5.74, 6) is -3.84. The number of nitrogens with one attached hydrogen (secondary N) is 4. The molecule has 94 heavy (non-hydrogen) atoms. The number of methoxy groups -OCH3 is 1. The third-order valence-corrected chi connectivity index (χ3v) is 16.7. The first-order chi connectivity index (χ1) is 44.9. The molecule has 5 aromatic heterocycles. The lowest BCUT2D eigenvalue weighted by Crippen LogP contribution is -2.54. The quantitative estimate of drug-likeness (QED) is 0.0242. The number of hydrogen-bond acceptors (Lipinski definition) is 16. The number of imide groups is 1. The predicted octanol–water partition coefficient (Wildman–Crippen LogP) is 5.99. The van der Waals surface area contributed by atoms with E-state index in [2.05, 4.69) is 36.0 Å². The van der Waals surface area contributed by atoms with Crippen molar-refractivity contribution >= 4 is 98.0 Å². The summed E-state index contributed by atoms with van der Waals surface area (Å²) in [6.45, 7) is 14.5. The number of carbonyl (C=O) groups is 9. The number of nitrogens with zero attached hydrogens (tertiary/aromatic N) is 10. The van der Waals surface area contributed by atoms with Crippen LogP contribution in [0.4, 0.5) is 16.4 Å². The van der Waals surface area contributed by atoms with Crippen LogP contribution in [0.1, 0.15) is 102 Å². The van der Waals surface area contributed by atoms with Crippen LogP contribution >= 0.6 is 0 Å². The van der Waals surface area contributed by atoms with Crippen molar-refractivity contribution in [2.24, 2.45) is 29.2 Å². The molecule has 1 aliphatic heterocycles. The van der Waals surface area contributed by atoms with Gasteiger partial charge in [0.1, 0.15) is 47.0 Å². The summed E-state index contributed by atoms with van der Waals surface area (Å²) < 4.78 is 25.6. The number of nitrogens with two attached hydrogens (primary N) is 2. The minimum Gasteiger partial charge on any atom is -0.495 e. The first kappa shape index (κ1) is 66.0. The molecule has 8 N–H and O–H groups in total. The highest BCUT2D eigenvalue weighted by molar-refractivity contribution is 6.14. The van der Waals surface area contributed by atoms with Crippen LogP contribution in [-0.2, 0) is 61.5 Å². The van der Waals surface area contributed by atoms with E-state index in [4.69, 9.17) is 35.6 Å². The van der Waals surface area contributed by atoms with Gasteiger partial charge in [-0.2, -0.15) is 10.2 Å². The maximum atomic E-state index is 14.2. The Hall–Kier alpha value is -10.9. The molecule has 3 aromatic carbocycles. The monoisotopic (exact) mass is 1280 g/mol. The van der Waals surface area contributed by atoms with Gasteiger partial charge in [-0.05, 0) is 131 Å². The molecule has 8 aromatic rings. The summed E-state index contributed by atoms with van der Waals surface area (Å²) >= 11 is 0. The van der Waals surface area contributed by atoms with Crippen molar-refractivity contribution in [3.05, 3.63) is 119 Å². The number of pyridine rings is 1. The normalized spacial score (nSPS) is 15.0. The fourth-order valence-corrected chi connectivity index (χ4v) is 11.6. The van der Waals surface area contributed by atoms with E-state index in [9.17, 15) is 43.2 Å². The molecule has 9 amide bonds. The summed E-state index contributed by atoms with van der Waals surface area (Å²) in [5, 5.41) is 21.7. The number of fused-ring (bicyclic) bond motifs is 4. The molecule has 492 valence electrons. The number of aryl methyl sites for hydroxylation is 4. The highest BCUT2D eigenvalue weighted by Crippen LogP contribution is 2.46. The second-order valence-electron chi connectivity index (χ2n) is 23.8. The van der Waals surface area contributed by atoms with Crippen molar-refractivity contribution in [1.29, 1.82) is 0 Å². The molecule has 1 aliphatic carbocycles. The Morgan fingerprint density at radius 2 is 1.39 bits per heavy atom. The molecule has 0 unspecified atom stereocenters. The number of amides is 9. The van der Waals surface area contributed by atoms with Crippen molar-refractivity contribution in [3.8, 4) is 22.9 Å². The Morgan fingerprint density at radius 3 is 2.06 bits per heavy atom. The summed E-state index contributed by atoms with van der Waals surface area (Å²) in [6.07, 6.45) is 2.49. The van der Waals surface area contributed by atoms with Crippen LogP contribution in [0.3, 0.4) is 0 Å². The summed E-state index contributed by atoms with van der Waals surface area (Å²) in [4.78, 5) is 128. The van der Waals surface area contributed by atoms with E-state index in [1.807, 2.05) is 48.2 Å².